The summed E-state index contributed by atoms with van der Waals surface area (Å²) in [4.78, 5) is 22.0. The maximum atomic E-state index is 12.8. The number of nitrogens with zero attached hydrogens (tertiary/aromatic N) is 2. The number of carbonyl (C=O) groups is 1. The van der Waals surface area contributed by atoms with Crippen LogP contribution in [0.25, 0.3) is 10.9 Å². The quantitative estimate of drug-likeness (QED) is 0.605. The Bertz CT molecular complexity index is 1080. The predicted octanol–water partition coefficient (Wildman–Crippen LogP) is 2.92. The van der Waals surface area contributed by atoms with Crippen LogP contribution in [0, 0.1) is 19.8 Å². The van der Waals surface area contributed by atoms with Gasteiger partial charge in [-0.25, -0.2) is 9.97 Å². The molecule has 2 aromatic carbocycles. The molecule has 3 N–H and O–H groups in total. The molecule has 0 aliphatic carbocycles. The van der Waals surface area contributed by atoms with Gasteiger partial charge in [-0.1, -0.05) is 36.4 Å². The molecule has 7 heteroatoms. The zero-order chi connectivity index (χ0) is 21.3. The molecule has 1 aromatic heterocycles. The lowest BCUT2D eigenvalue weighted by Gasteiger charge is -2.36. The molecule has 3 atom stereocenters. The van der Waals surface area contributed by atoms with Gasteiger partial charge in [0.15, 0.2) is 6.29 Å². The lowest BCUT2D eigenvalue weighted by molar-refractivity contribution is -0.128. The molecule has 0 radical (unpaired) electrons. The van der Waals surface area contributed by atoms with Crippen LogP contribution >= 0.6 is 0 Å². The summed E-state index contributed by atoms with van der Waals surface area (Å²) in [6.45, 7) is 6.04. The average molecular weight is 406 g/mol. The number of methoxy groups -OCH3 is 1. The zero-order valence-corrected chi connectivity index (χ0v) is 17.7. The van der Waals surface area contributed by atoms with Gasteiger partial charge in [0.25, 0.3) is 0 Å². The lowest BCUT2D eigenvalue weighted by Crippen LogP contribution is -2.63. The molecule has 2 heterocycles. The van der Waals surface area contributed by atoms with E-state index in [2.05, 4.69) is 45.0 Å². The minimum Gasteiger partial charge on any atom is -0.494 e. The van der Waals surface area contributed by atoms with Crippen molar-refractivity contribution in [3.05, 3.63) is 59.3 Å². The van der Waals surface area contributed by atoms with Crippen LogP contribution in [0.2, 0.25) is 0 Å². The van der Waals surface area contributed by atoms with Gasteiger partial charge < -0.3 is 15.4 Å². The fourth-order valence-electron chi connectivity index (χ4n) is 3.96. The Hall–Kier alpha value is -3.19. The van der Waals surface area contributed by atoms with Crippen molar-refractivity contribution in [1.29, 1.82) is 0 Å². The third-order valence-electron chi connectivity index (χ3n) is 5.73. The molecule has 3 aromatic rings. The lowest BCUT2D eigenvalue weighted by atomic mass is 9.89. The van der Waals surface area contributed by atoms with Gasteiger partial charge in [0, 0.05) is 11.4 Å². The Morgan fingerprint density at radius 2 is 1.90 bits per heavy atom. The Labute approximate surface area is 176 Å². The first-order valence-corrected chi connectivity index (χ1v) is 10.1. The normalized spacial score (nSPS) is 21.3. The Morgan fingerprint density at radius 1 is 1.10 bits per heavy atom. The third-order valence-corrected chi connectivity index (χ3v) is 5.73. The molecule has 1 fully saturated rings. The van der Waals surface area contributed by atoms with Gasteiger partial charge in [-0.3, -0.25) is 10.1 Å². The first kappa shape index (κ1) is 20.1. The summed E-state index contributed by atoms with van der Waals surface area (Å²) in [6, 6.07) is 13.9. The van der Waals surface area contributed by atoms with Crippen LogP contribution in [0.4, 0.5) is 5.95 Å². The highest BCUT2D eigenvalue weighted by Gasteiger charge is 2.34. The molecule has 4 rings (SSSR count). The van der Waals surface area contributed by atoms with Crippen molar-refractivity contribution < 1.29 is 9.53 Å². The largest absolute Gasteiger partial charge is 0.494 e. The standard InChI is InChI=1S/C23H27N5O2/c1-13-8-5-6-9-16(13)12-18-15(3)25-23(27-21(18)29)28-22-24-14(2)17-10-7-11-19(30-4)20(17)26-22/h5-11,15,18,23,25H,12H2,1-4H3,(H,27,29)(H,24,26,28). The molecular formula is C23H27N5O2. The number of nitrogens with one attached hydrogen (secondary N) is 3. The van der Waals surface area contributed by atoms with Gasteiger partial charge in [-0.2, -0.15) is 0 Å². The fraction of sp³-hybridized carbons (Fsp3) is 0.348. The monoisotopic (exact) mass is 405 g/mol. The number of hydrogen-bond donors (Lipinski definition) is 3. The molecule has 1 amide bonds. The van der Waals surface area contributed by atoms with E-state index in [1.807, 2.05) is 44.2 Å². The molecule has 0 spiro atoms. The zero-order valence-electron chi connectivity index (χ0n) is 17.7. The van der Waals surface area contributed by atoms with Crippen molar-refractivity contribution in [2.75, 3.05) is 12.4 Å². The van der Waals surface area contributed by atoms with E-state index < -0.39 is 6.29 Å². The van der Waals surface area contributed by atoms with E-state index >= 15 is 0 Å². The van der Waals surface area contributed by atoms with Crippen LogP contribution in [0.1, 0.15) is 23.7 Å². The molecule has 1 aliphatic rings. The number of hydrogen-bond acceptors (Lipinski definition) is 6. The van der Waals surface area contributed by atoms with E-state index in [-0.39, 0.29) is 17.9 Å². The highest BCUT2D eigenvalue weighted by molar-refractivity contribution is 5.87. The van der Waals surface area contributed by atoms with E-state index in [1.165, 1.54) is 11.1 Å². The summed E-state index contributed by atoms with van der Waals surface area (Å²) in [7, 11) is 1.62. The van der Waals surface area contributed by atoms with Crippen LogP contribution in [-0.4, -0.2) is 35.3 Å². The van der Waals surface area contributed by atoms with E-state index in [1.54, 1.807) is 7.11 Å². The fourth-order valence-corrected chi connectivity index (χ4v) is 3.96. The minimum absolute atomic E-state index is 0.00746. The van der Waals surface area contributed by atoms with Crippen molar-refractivity contribution >= 4 is 22.8 Å². The number of rotatable bonds is 5. The third kappa shape index (κ3) is 3.93. The van der Waals surface area contributed by atoms with Gasteiger partial charge in [0.2, 0.25) is 11.9 Å². The van der Waals surface area contributed by atoms with Crippen LogP contribution < -0.4 is 20.7 Å². The second kappa shape index (κ2) is 8.28. The van der Waals surface area contributed by atoms with Crippen molar-refractivity contribution in [3.8, 4) is 5.75 Å². The van der Waals surface area contributed by atoms with Crippen molar-refractivity contribution in [1.82, 2.24) is 20.6 Å². The topological polar surface area (TPSA) is 88.2 Å². The maximum Gasteiger partial charge on any atom is 0.227 e. The molecule has 0 saturated carbocycles. The smallest absolute Gasteiger partial charge is 0.227 e. The van der Waals surface area contributed by atoms with Crippen LogP contribution in [0.15, 0.2) is 42.5 Å². The van der Waals surface area contributed by atoms with Gasteiger partial charge in [-0.05, 0) is 44.4 Å². The molecule has 0 bridgehead atoms. The van der Waals surface area contributed by atoms with Gasteiger partial charge in [0.1, 0.15) is 11.3 Å². The number of ether oxygens (including phenoxy) is 1. The molecule has 156 valence electrons. The highest BCUT2D eigenvalue weighted by Crippen LogP contribution is 2.26. The van der Waals surface area contributed by atoms with Crippen LogP contribution in [0.5, 0.6) is 5.75 Å². The van der Waals surface area contributed by atoms with Gasteiger partial charge in [-0.15, -0.1) is 0 Å². The van der Waals surface area contributed by atoms with Gasteiger partial charge in [0.05, 0.1) is 18.7 Å². The molecule has 3 unspecified atom stereocenters. The number of benzene rings is 2. The second-order valence-corrected chi connectivity index (χ2v) is 7.77. The summed E-state index contributed by atoms with van der Waals surface area (Å²) in [5, 5.41) is 10.6. The summed E-state index contributed by atoms with van der Waals surface area (Å²) in [5.74, 6) is 0.987. The molecular weight excluding hydrogens is 378 g/mol. The Kier molecular flexibility index (Phi) is 5.55. The molecule has 7 nitrogen and oxygen atoms in total. The summed E-state index contributed by atoms with van der Waals surface area (Å²) in [6.07, 6.45) is 0.245. The van der Waals surface area contributed by atoms with E-state index in [9.17, 15) is 4.79 Å². The van der Waals surface area contributed by atoms with Crippen molar-refractivity contribution in [2.45, 2.75) is 39.5 Å². The van der Waals surface area contributed by atoms with E-state index in [0.717, 1.165) is 16.6 Å². The molecule has 30 heavy (non-hydrogen) atoms. The Morgan fingerprint density at radius 3 is 2.63 bits per heavy atom. The summed E-state index contributed by atoms with van der Waals surface area (Å²) in [5.41, 5.74) is 3.97. The molecule has 1 saturated heterocycles. The summed E-state index contributed by atoms with van der Waals surface area (Å²) < 4.78 is 5.44. The highest BCUT2D eigenvalue weighted by atomic mass is 16.5. The number of carbonyl (C=O) groups excluding carboxylic acids is 1. The van der Waals surface area contributed by atoms with E-state index in [4.69, 9.17) is 4.74 Å². The van der Waals surface area contributed by atoms with E-state index in [0.29, 0.717) is 18.1 Å². The SMILES string of the molecule is COc1cccc2c(C)nc(NC3NC(=O)C(Cc4ccccc4C)C(C)N3)nc12. The summed E-state index contributed by atoms with van der Waals surface area (Å²) >= 11 is 0. The number of anilines is 1. The van der Waals surface area contributed by atoms with Gasteiger partial charge >= 0.3 is 0 Å². The number of fused-ring (bicyclic) bond motifs is 1. The minimum atomic E-state index is -0.452. The van der Waals surface area contributed by atoms with Crippen LogP contribution in [-0.2, 0) is 11.2 Å². The number of aryl methyl sites for hydroxylation is 2. The average Bonchev–Trinajstić information content (AvgIpc) is 2.71. The van der Waals surface area contributed by atoms with Crippen molar-refractivity contribution in [2.24, 2.45) is 5.92 Å². The number of amides is 1. The number of aromatic nitrogens is 2. The number of para-hydroxylation sites is 1. The second-order valence-electron chi connectivity index (χ2n) is 7.77. The Balaban J connectivity index is 1.51. The van der Waals surface area contributed by atoms with Crippen LogP contribution in [0.3, 0.4) is 0 Å². The first-order chi connectivity index (χ1) is 14.5. The predicted molar refractivity (Wildman–Crippen MR) is 117 cm³/mol. The maximum absolute atomic E-state index is 12.8. The van der Waals surface area contributed by atoms with Crippen molar-refractivity contribution in [3.63, 3.8) is 0 Å². The molecule has 1 aliphatic heterocycles. The first-order valence-electron chi connectivity index (χ1n) is 10.1.